The number of likely N-dealkylation sites (tertiary alicyclic amines) is 1. The van der Waals surface area contributed by atoms with Crippen LogP contribution in [0.15, 0.2) is 4.99 Å². The first-order chi connectivity index (χ1) is 8.12. The van der Waals surface area contributed by atoms with Crippen molar-refractivity contribution in [2.45, 2.75) is 56.7 Å². The minimum Gasteiger partial charge on any atom is -0.370 e. The molecule has 4 heteroatoms. The quantitative estimate of drug-likeness (QED) is 0.739. The van der Waals surface area contributed by atoms with Gasteiger partial charge in [-0.1, -0.05) is 12.8 Å². The fraction of sp³-hybridized carbons (Fsp3) is 0.923. The summed E-state index contributed by atoms with van der Waals surface area (Å²) in [5, 5.41) is 0. The summed E-state index contributed by atoms with van der Waals surface area (Å²) in [6, 6.07) is 1.31. The highest BCUT2D eigenvalue weighted by Crippen LogP contribution is 2.39. The predicted octanol–water partition coefficient (Wildman–Crippen LogP) is 1.02. The molecule has 2 atom stereocenters. The lowest BCUT2D eigenvalue weighted by Crippen LogP contribution is -2.56. The Morgan fingerprint density at radius 1 is 1.35 bits per heavy atom. The SMILES string of the molecule is CC1CC2(CN=C(N)N2C2CCCC2)CN1C. The van der Waals surface area contributed by atoms with E-state index in [1.807, 2.05) is 0 Å². The van der Waals surface area contributed by atoms with Crippen LogP contribution in [0.4, 0.5) is 0 Å². The summed E-state index contributed by atoms with van der Waals surface area (Å²) in [7, 11) is 2.22. The minimum absolute atomic E-state index is 0.216. The first-order valence-electron chi connectivity index (χ1n) is 6.92. The molecule has 17 heavy (non-hydrogen) atoms. The molecule has 2 aliphatic heterocycles. The molecule has 3 rings (SSSR count). The van der Waals surface area contributed by atoms with Crippen LogP contribution >= 0.6 is 0 Å². The number of likely N-dealkylation sites (N-methyl/N-ethyl adjacent to an activating group) is 1. The van der Waals surface area contributed by atoms with Gasteiger partial charge >= 0.3 is 0 Å². The topological polar surface area (TPSA) is 44.9 Å². The van der Waals surface area contributed by atoms with Gasteiger partial charge in [0.2, 0.25) is 0 Å². The minimum atomic E-state index is 0.216. The monoisotopic (exact) mass is 236 g/mol. The Kier molecular flexibility index (Phi) is 2.58. The van der Waals surface area contributed by atoms with Gasteiger partial charge in [-0.15, -0.1) is 0 Å². The van der Waals surface area contributed by atoms with Crippen LogP contribution in [0, 0.1) is 0 Å². The standard InChI is InChI=1S/C13H24N4/c1-10-7-13(9-16(10)2)8-15-12(14)17(13)11-5-3-4-6-11/h10-11H,3-9H2,1-2H3,(H2,14,15). The Labute approximate surface area is 104 Å². The number of aliphatic imine (C=N–C) groups is 1. The molecule has 0 aromatic heterocycles. The molecular weight excluding hydrogens is 212 g/mol. The molecule has 96 valence electrons. The summed E-state index contributed by atoms with van der Waals surface area (Å²) in [6.45, 7) is 4.34. The predicted molar refractivity (Wildman–Crippen MR) is 70.0 cm³/mol. The van der Waals surface area contributed by atoms with Gasteiger partial charge in [0.25, 0.3) is 0 Å². The molecule has 0 aromatic carbocycles. The zero-order valence-electron chi connectivity index (χ0n) is 11.0. The van der Waals surface area contributed by atoms with E-state index in [4.69, 9.17) is 5.73 Å². The van der Waals surface area contributed by atoms with Crippen LogP contribution in [0.5, 0.6) is 0 Å². The highest BCUT2D eigenvalue weighted by Gasteiger charge is 2.51. The molecule has 0 amide bonds. The number of guanidine groups is 1. The Balaban J connectivity index is 1.85. The lowest BCUT2D eigenvalue weighted by molar-refractivity contribution is 0.155. The van der Waals surface area contributed by atoms with E-state index in [2.05, 4.69) is 28.8 Å². The van der Waals surface area contributed by atoms with E-state index in [0.29, 0.717) is 12.1 Å². The second kappa shape index (κ2) is 3.87. The van der Waals surface area contributed by atoms with Crippen molar-refractivity contribution in [2.75, 3.05) is 20.1 Å². The van der Waals surface area contributed by atoms with E-state index < -0.39 is 0 Å². The lowest BCUT2D eigenvalue weighted by atomic mass is 9.93. The van der Waals surface area contributed by atoms with E-state index in [1.54, 1.807) is 0 Å². The van der Waals surface area contributed by atoms with Crippen LogP contribution in [0.2, 0.25) is 0 Å². The van der Waals surface area contributed by atoms with Crippen LogP contribution < -0.4 is 5.73 Å². The summed E-state index contributed by atoms with van der Waals surface area (Å²) < 4.78 is 0. The number of nitrogens with zero attached hydrogens (tertiary/aromatic N) is 3. The van der Waals surface area contributed by atoms with Gasteiger partial charge < -0.3 is 15.5 Å². The number of hydrogen-bond acceptors (Lipinski definition) is 4. The molecule has 0 bridgehead atoms. The second-order valence-electron chi connectivity index (χ2n) is 6.18. The molecule has 1 saturated carbocycles. The second-order valence-corrected chi connectivity index (χ2v) is 6.18. The molecule has 3 aliphatic rings. The highest BCUT2D eigenvalue weighted by molar-refractivity contribution is 5.81. The van der Waals surface area contributed by atoms with Crippen molar-refractivity contribution in [3.63, 3.8) is 0 Å². The van der Waals surface area contributed by atoms with Crippen molar-refractivity contribution < 1.29 is 0 Å². The summed E-state index contributed by atoms with van der Waals surface area (Å²) >= 11 is 0. The van der Waals surface area contributed by atoms with Crippen molar-refractivity contribution in [3.05, 3.63) is 0 Å². The number of hydrogen-bond donors (Lipinski definition) is 1. The number of rotatable bonds is 1. The summed E-state index contributed by atoms with van der Waals surface area (Å²) in [6.07, 6.45) is 6.53. The van der Waals surface area contributed by atoms with Crippen LogP contribution in [0.3, 0.4) is 0 Å². The van der Waals surface area contributed by atoms with Gasteiger partial charge in [0.1, 0.15) is 0 Å². The van der Waals surface area contributed by atoms with E-state index in [1.165, 1.54) is 32.1 Å². The molecule has 1 saturated heterocycles. The van der Waals surface area contributed by atoms with Crippen molar-refractivity contribution in [1.29, 1.82) is 0 Å². The Hall–Kier alpha value is -0.770. The van der Waals surface area contributed by atoms with Gasteiger partial charge in [0, 0.05) is 18.6 Å². The van der Waals surface area contributed by atoms with Crippen molar-refractivity contribution >= 4 is 5.96 Å². The van der Waals surface area contributed by atoms with Crippen LogP contribution in [0.25, 0.3) is 0 Å². The van der Waals surface area contributed by atoms with Crippen molar-refractivity contribution in [1.82, 2.24) is 9.80 Å². The lowest BCUT2D eigenvalue weighted by Gasteiger charge is -2.40. The average Bonchev–Trinajstić information content (AvgIpc) is 2.93. The number of nitrogens with two attached hydrogens (primary N) is 1. The van der Waals surface area contributed by atoms with Crippen molar-refractivity contribution in [2.24, 2.45) is 10.7 Å². The zero-order valence-corrected chi connectivity index (χ0v) is 11.0. The molecule has 0 aromatic rings. The van der Waals surface area contributed by atoms with E-state index in [9.17, 15) is 0 Å². The van der Waals surface area contributed by atoms with Crippen LogP contribution in [0.1, 0.15) is 39.0 Å². The Morgan fingerprint density at radius 2 is 2.06 bits per heavy atom. The molecule has 2 fully saturated rings. The zero-order chi connectivity index (χ0) is 12.0. The third-order valence-electron chi connectivity index (χ3n) is 4.95. The van der Waals surface area contributed by atoms with Gasteiger partial charge in [-0.05, 0) is 33.2 Å². The Morgan fingerprint density at radius 3 is 2.65 bits per heavy atom. The van der Waals surface area contributed by atoms with Gasteiger partial charge in [-0.3, -0.25) is 4.99 Å². The molecule has 1 spiro atoms. The van der Waals surface area contributed by atoms with Crippen molar-refractivity contribution in [3.8, 4) is 0 Å². The third-order valence-corrected chi connectivity index (χ3v) is 4.95. The van der Waals surface area contributed by atoms with Gasteiger partial charge in [-0.2, -0.15) is 0 Å². The first kappa shape index (κ1) is 11.3. The normalized spacial score (nSPS) is 39.5. The Bertz CT molecular complexity index is 322. The van der Waals surface area contributed by atoms with Crippen LogP contribution in [-0.2, 0) is 0 Å². The third kappa shape index (κ3) is 1.65. The summed E-state index contributed by atoms with van der Waals surface area (Å²) in [5.74, 6) is 0.805. The van der Waals surface area contributed by atoms with Gasteiger partial charge in [0.05, 0.1) is 12.1 Å². The summed E-state index contributed by atoms with van der Waals surface area (Å²) in [5.41, 5.74) is 6.38. The maximum absolute atomic E-state index is 6.16. The highest BCUT2D eigenvalue weighted by atomic mass is 15.4. The fourth-order valence-corrected chi connectivity index (χ4v) is 4.04. The van der Waals surface area contributed by atoms with Crippen LogP contribution in [-0.4, -0.2) is 53.5 Å². The maximum Gasteiger partial charge on any atom is 0.192 e. The van der Waals surface area contributed by atoms with E-state index in [0.717, 1.165) is 19.0 Å². The van der Waals surface area contributed by atoms with E-state index >= 15 is 0 Å². The maximum atomic E-state index is 6.16. The van der Waals surface area contributed by atoms with Gasteiger partial charge in [-0.25, -0.2) is 0 Å². The smallest absolute Gasteiger partial charge is 0.192 e. The summed E-state index contributed by atoms with van der Waals surface area (Å²) in [4.78, 5) is 9.50. The molecule has 2 heterocycles. The largest absolute Gasteiger partial charge is 0.370 e. The molecule has 0 radical (unpaired) electrons. The molecule has 2 unspecified atom stereocenters. The average molecular weight is 236 g/mol. The molecule has 1 aliphatic carbocycles. The van der Waals surface area contributed by atoms with Gasteiger partial charge in [0.15, 0.2) is 5.96 Å². The molecule has 4 nitrogen and oxygen atoms in total. The first-order valence-corrected chi connectivity index (χ1v) is 6.92. The molecular formula is C13H24N4. The fourth-order valence-electron chi connectivity index (χ4n) is 4.04. The molecule has 2 N–H and O–H groups in total. The van der Waals surface area contributed by atoms with E-state index in [-0.39, 0.29) is 5.54 Å².